The molecule has 2 aromatic rings. The van der Waals surface area contributed by atoms with Crippen molar-refractivity contribution in [3.63, 3.8) is 0 Å². The Kier molecular flexibility index (Phi) is 3.68. The minimum absolute atomic E-state index is 0.0590. The lowest BCUT2D eigenvalue weighted by Crippen LogP contribution is -2.11. The Bertz CT molecular complexity index is 687. The second-order valence-corrected chi connectivity index (χ2v) is 5.45. The Morgan fingerprint density at radius 3 is 2.42 bits per heavy atom. The fourth-order valence-electron chi connectivity index (χ4n) is 1.41. The van der Waals surface area contributed by atoms with Crippen LogP contribution in [0.4, 0.5) is 5.69 Å². The first-order valence-corrected chi connectivity index (χ1v) is 6.98. The van der Waals surface area contributed by atoms with Crippen molar-refractivity contribution in [2.24, 2.45) is 10.2 Å². The summed E-state index contributed by atoms with van der Waals surface area (Å²) in [4.78, 5) is 0.0590. The summed E-state index contributed by atoms with van der Waals surface area (Å²) in [6, 6.07) is 9.59. The van der Waals surface area contributed by atoms with Gasteiger partial charge in [-0.15, -0.1) is 0 Å². The van der Waals surface area contributed by atoms with Crippen molar-refractivity contribution in [2.75, 3.05) is 5.43 Å². The van der Waals surface area contributed by atoms with Crippen LogP contribution < -0.4 is 10.6 Å². The van der Waals surface area contributed by atoms with E-state index in [9.17, 15) is 8.42 Å². The van der Waals surface area contributed by atoms with E-state index in [1.165, 1.54) is 18.3 Å². The first-order chi connectivity index (χ1) is 8.95. The average molecular weight is 279 g/mol. The molecule has 19 heavy (non-hydrogen) atoms. The largest absolute Gasteiger partial charge is 0.460 e. The molecule has 0 aliphatic carbocycles. The standard InChI is InChI=1S/C12H13N3O3S/c1-9-2-5-11(18-9)8-14-15-10-3-6-12(7-4-10)19(13,16)17/h2-8,15H,1H3,(H2,13,16,17)/b14-8+. The zero-order valence-corrected chi connectivity index (χ0v) is 11.0. The van der Waals surface area contributed by atoms with Crippen LogP contribution in [0, 0.1) is 6.92 Å². The number of benzene rings is 1. The normalized spacial score (nSPS) is 11.9. The van der Waals surface area contributed by atoms with E-state index in [0.29, 0.717) is 11.4 Å². The van der Waals surface area contributed by atoms with E-state index >= 15 is 0 Å². The molecule has 0 spiro atoms. The monoisotopic (exact) mass is 279 g/mol. The molecule has 0 bridgehead atoms. The molecule has 0 unspecified atom stereocenters. The fourth-order valence-corrected chi connectivity index (χ4v) is 1.93. The number of nitrogens with two attached hydrogens (primary N) is 1. The Morgan fingerprint density at radius 2 is 1.89 bits per heavy atom. The molecular weight excluding hydrogens is 266 g/mol. The van der Waals surface area contributed by atoms with Crippen molar-refractivity contribution in [1.82, 2.24) is 0 Å². The Labute approximate surface area is 111 Å². The van der Waals surface area contributed by atoms with Crippen molar-refractivity contribution in [3.8, 4) is 0 Å². The molecule has 0 atom stereocenters. The third-order valence-electron chi connectivity index (χ3n) is 2.33. The molecule has 0 aliphatic heterocycles. The third-order valence-corrected chi connectivity index (χ3v) is 3.26. The molecule has 0 aliphatic rings. The SMILES string of the molecule is Cc1ccc(/C=N/Nc2ccc(S(N)(=O)=O)cc2)o1. The highest BCUT2D eigenvalue weighted by atomic mass is 32.2. The highest BCUT2D eigenvalue weighted by molar-refractivity contribution is 7.89. The number of nitrogens with zero attached hydrogens (tertiary/aromatic N) is 1. The number of hydrazone groups is 1. The number of nitrogens with one attached hydrogen (secondary N) is 1. The Morgan fingerprint density at radius 1 is 1.21 bits per heavy atom. The number of aryl methyl sites for hydroxylation is 1. The van der Waals surface area contributed by atoms with Gasteiger partial charge in [-0.2, -0.15) is 5.10 Å². The van der Waals surface area contributed by atoms with Gasteiger partial charge in [-0.1, -0.05) is 0 Å². The van der Waals surface area contributed by atoms with Gasteiger partial charge >= 0.3 is 0 Å². The molecule has 0 amide bonds. The van der Waals surface area contributed by atoms with Crippen LogP contribution in [0.5, 0.6) is 0 Å². The summed E-state index contributed by atoms with van der Waals surface area (Å²) in [6.45, 7) is 1.84. The summed E-state index contributed by atoms with van der Waals surface area (Å²) < 4.78 is 27.4. The van der Waals surface area contributed by atoms with E-state index in [1.54, 1.807) is 18.2 Å². The topological polar surface area (TPSA) is 97.7 Å². The lowest BCUT2D eigenvalue weighted by Gasteiger charge is -2.01. The van der Waals surface area contributed by atoms with Crippen molar-refractivity contribution in [2.45, 2.75) is 11.8 Å². The molecule has 2 rings (SSSR count). The Hall–Kier alpha value is -2.12. The number of sulfonamides is 1. The van der Waals surface area contributed by atoms with Crippen molar-refractivity contribution < 1.29 is 12.8 Å². The van der Waals surface area contributed by atoms with Gasteiger partial charge < -0.3 is 4.42 Å². The lowest BCUT2D eigenvalue weighted by atomic mass is 10.3. The van der Waals surface area contributed by atoms with E-state index in [-0.39, 0.29) is 4.90 Å². The average Bonchev–Trinajstić information content (AvgIpc) is 2.75. The lowest BCUT2D eigenvalue weighted by molar-refractivity contribution is 0.528. The minimum atomic E-state index is -3.66. The zero-order valence-electron chi connectivity index (χ0n) is 10.2. The maximum Gasteiger partial charge on any atom is 0.238 e. The number of hydrogen-bond donors (Lipinski definition) is 2. The summed E-state index contributed by atoms with van der Waals surface area (Å²) >= 11 is 0. The third kappa shape index (κ3) is 3.67. The van der Waals surface area contributed by atoms with Crippen LogP contribution in [0.2, 0.25) is 0 Å². The molecule has 0 fully saturated rings. The van der Waals surface area contributed by atoms with Crippen LogP contribution in [0.1, 0.15) is 11.5 Å². The van der Waals surface area contributed by atoms with Crippen molar-refractivity contribution >= 4 is 21.9 Å². The summed E-state index contributed by atoms with van der Waals surface area (Å²) in [6.07, 6.45) is 1.53. The van der Waals surface area contributed by atoms with Crippen LogP contribution in [-0.2, 0) is 10.0 Å². The second-order valence-electron chi connectivity index (χ2n) is 3.89. The molecule has 0 radical (unpaired) electrons. The molecular formula is C12H13N3O3S. The maximum atomic E-state index is 11.1. The van der Waals surface area contributed by atoms with Gasteiger partial charge in [-0.25, -0.2) is 13.6 Å². The van der Waals surface area contributed by atoms with E-state index in [1.807, 2.05) is 13.0 Å². The number of rotatable bonds is 4. The van der Waals surface area contributed by atoms with Crippen LogP contribution in [-0.4, -0.2) is 14.6 Å². The molecule has 1 heterocycles. The fraction of sp³-hybridized carbons (Fsp3) is 0.0833. The summed E-state index contributed by atoms with van der Waals surface area (Å²) in [7, 11) is -3.66. The molecule has 6 nitrogen and oxygen atoms in total. The van der Waals surface area contributed by atoms with Gasteiger partial charge in [0, 0.05) is 0 Å². The molecule has 0 saturated heterocycles. The molecule has 0 saturated carbocycles. The predicted molar refractivity (Wildman–Crippen MR) is 72.5 cm³/mol. The number of anilines is 1. The highest BCUT2D eigenvalue weighted by Crippen LogP contribution is 2.12. The van der Waals surface area contributed by atoms with Gasteiger partial charge in [0.2, 0.25) is 10.0 Å². The van der Waals surface area contributed by atoms with Gasteiger partial charge in [0.15, 0.2) is 0 Å². The predicted octanol–water partition coefficient (Wildman–Crippen LogP) is 1.68. The molecule has 1 aromatic carbocycles. The quantitative estimate of drug-likeness (QED) is 0.657. The van der Waals surface area contributed by atoms with E-state index in [0.717, 1.165) is 5.76 Å². The molecule has 3 N–H and O–H groups in total. The van der Waals surface area contributed by atoms with Gasteiger partial charge in [0.25, 0.3) is 0 Å². The van der Waals surface area contributed by atoms with Gasteiger partial charge in [0.1, 0.15) is 11.5 Å². The Balaban J connectivity index is 2.02. The summed E-state index contributed by atoms with van der Waals surface area (Å²) in [5.74, 6) is 1.44. The van der Waals surface area contributed by atoms with Crippen molar-refractivity contribution in [1.29, 1.82) is 0 Å². The summed E-state index contributed by atoms with van der Waals surface area (Å²) in [5.41, 5.74) is 3.40. The maximum absolute atomic E-state index is 11.1. The van der Waals surface area contributed by atoms with Crippen molar-refractivity contribution in [3.05, 3.63) is 47.9 Å². The first kappa shape index (κ1) is 13.3. The van der Waals surface area contributed by atoms with Gasteiger partial charge in [-0.05, 0) is 43.3 Å². The highest BCUT2D eigenvalue weighted by Gasteiger charge is 2.06. The number of furan rings is 1. The summed E-state index contributed by atoms with van der Waals surface area (Å²) in [5, 5.41) is 8.96. The number of primary sulfonamides is 1. The van der Waals surface area contributed by atoms with Crippen LogP contribution >= 0.6 is 0 Å². The second kappa shape index (κ2) is 5.25. The van der Waals surface area contributed by atoms with E-state index < -0.39 is 10.0 Å². The van der Waals surface area contributed by atoms with Gasteiger partial charge in [0.05, 0.1) is 16.8 Å². The first-order valence-electron chi connectivity index (χ1n) is 5.43. The number of hydrogen-bond acceptors (Lipinski definition) is 5. The van der Waals surface area contributed by atoms with Crippen LogP contribution in [0.3, 0.4) is 0 Å². The molecule has 7 heteroatoms. The van der Waals surface area contributed by atoms with Crippen LogP contribution in [0.25, 0.3) is 0 Å². The molecule has 1 aromatic heterocycles. The smallest absolute Gasteiger partial charge is 0.238 e. The van der Waals surface area contributed by atoms with Crippen LogP contribution in [0.15, 0.2) is 50.8 Å². The van der Waals surface area contributed by atoms with E-state index in [2.05, 4.69) is 10.5 Å². The van der Waals surface area contributed by atoms with Gasteiger partial charge in [-0.3, -0.25) is 5.43 Å². The zero-order chi connectivity index (χ0) is 13.9. The molecule has 100 valence electrons. The van der Waals surface area contributed by atoms with E-state index in [4.69, 9.17) is 9.56 Å². The minimum Gasteiger partial charge on any atom is -0.460 e.